The highest BCUT2D eigenvalue weighted by Gasteiger charge is 2.19. The Bertz CT molecular complexity index is 830. The van der Waals surface area contributed by atoms with Crippen molar-refractivity contribution in [3.63, 3.8) is 0 Å². The number of nitrogens with one attached hydrogen (secondary N) is 2. The number of carbonyl (C=O) groups excluding carboxylic acids is 1. The second kappa shape index (κ2) is 7.46. The summed E-state index contributed by atoms with van der Waals surface area (Å²) in [6.45, 7) is 3.90. The Morgan fingerprint density at radius 2 is 1.79 bits per heavy atom. The molecule has 0 fully saturated rings. The van der Waals surface area contributed by atoms with Crippen LogP contribution in [0.3, 0.4) is 0 Å². The van der Waals surface area contributed by atoms with Gasteiger partial charge in [0.2, 0.25) is 10.0 Å². The van der Waals surface area contributed by atoms with E-state index in [2.05, 4.69) is 10.0 Å². The monoisotopic (exact) mass is 348 g/mol. The molecule has 0 spiro atoms. The zero-order chi connectivity index (χ0) is 17.7. The molecular formula is C17H20N2O4S. The summed E-state index contributed by atoms with van der Waals surface area (Å²) in [4.78, 5) is 12.5. The van der Waals surface area contributed by atoms with E-state index in [0.29, 0.717) is 11.4 Å². The molecule has 1 amide bonds. The number of benzene rings is 2. The van der Waals surface area contributed by atoms with E-state index in [1.807, 2.05) is 19.1 Å². The van der Waals surface area contributed by atoms with Crippen LogP contribution < -0.4 is 14.8 Å². The van der Waals surface area contributed by atoms with Gasteiger partial charge in [-0.1, -0.05) is 24.6 Å². The van der Waals surface area contributed by atoms with Gasteiger partial charge in [-0.15, -0.1) is 0 Å². The molecule has 2 aromatic rings. The number of carbonyl (C=O) groups is 1. The third-order valence-corrected chi connectivity index (χ3v) is 4.91. The lowest BCUT2D eigenvalue weighted by Crippen LogP contribution is -2.23. The molecule has 0 unspecified atom stereocenters. The van der Waals surface area contributed by atoms with Crippen molar-refractivity contribution >= 4 is 21.6 Å². The summed E-state index contributed by atoms with van der Waals surface area (Å²) in [5.74, 6) is -0.140. The smallest absolute Gasteiger partial charge is 0.259 e. The van der Waals surface area contributed by atoms with Crippen LogP contribution in [-0.4, -0.2) is 28.0 Å². The molecule has 0 aromatic heterocycles. The van der Waals surface area contributed by atoms with Crippen molar-refractivity contribution < 1.29 is 17.9 Å². The van der Waals surface area contributed by atoms with E-state index in [1.165, 1.54) is 25.3 Å². The Balaban J connectivity index is 2.36. The van der Waals surface area contributed by atoms with Crippen LogP contribution in [0.4, 0.5) is 5.69 Å². The number of rotatable bonds is 6. The van der Waals surface area contributed by atoms with Crippen molar-refractivity contribution in [3.05, 3.63) is 53.6 Å². The van der Waals surface area contributed by atoms with Crippen molar-refractivity contribution in [2.45, 2.75) is 18.7 Å². The zero-order valence-corrected chi connectivity index (χ0v) is 14.6. The molecule has 0 aliphatic rings. The molecule has 24 heavy (non-hydrogen) atoms. The Hall–Kier alpha value is -2.38. The number of sulfonamides is 1. The fraction of sp³-hybridized carbons (Fsp3) is 0.235. The number of amides is 1. The van der Waals surface area contributed by atoms with Gasteiger partial charge >= 0.3 is 0 Å². The normalized spacial score (nSPS) is 11.1. The first-order chi connectivity index (χ1) is 11.4. The van der Waals surface area contributed by atoms with Crippen molar-refractivity contribution in [1.82, 2.24) is 4.72 Å². The summed E-state index contributed by atoms with van der Waals surface area (Å²) in [6, 6.07) is 11.5. The molecule has 128 valence electrons. The highest BCUT2D eigenvalue weighted by atomic mass is 32.2. The molecule has 0 aliphatic heterocycles. The van der Waals surface area contributed by atoms with Gasteiger partial charge in [0.25, 0.3) is 5.91 Å². The third-order valence-electron chi connectivity index (χ3n) is 3.37. The van der Waals surface area contributed by atoms with Gasteiger partial charge in [-0.25, -0.2) is 13.1 Å². The van der Waals surface area contributed by atoms with Crippen LogP contribution in [-0.2, 0) is 10.0 Å². The molecule has 0 radical (unpaired) electrons. The predicted molar refractivity (Wildman–Crippen MR) is 93.0 cm³/mol. The molecule has 2 N–H and O–H groups in total. The summed E-state index contributed by atoms with van der Waals surface area (Å²) in [5, 5.41) is 2.74. The molecule has 0 saturated carbocycles. The van der Waals surface area contributed by atoms with Crippen molar-refractivity contribution in [3.8, 4) is 5.75 Å². The van der Waals surface area contributed by atoms with E-state index in [4.69, 9.17) is 4.74 Å². The van der Waals surface area contributed by atoms with Gasteiger partial charge in [-0.05, 0) is 37.3 Å². The lowest BCUT2D eigenvalue weighted by molar-refractivity contribution is 0.102. The third kappa shape index (κ3) is 4.12. The highest BCUT2D eigenvalue weighted by molar-refractivity contribution is 7.89. The minimum Gasteiger partial charge on any atom is -0.496 e. The fourth-order valence-corrected chi connectivity index (χ4v) is 3.21. The molecule has 0 saturated heterocycles. The molecule has 7 heteroatoms. The summed E-state index contributed by atoms with van der Waals surface area (Å²) in [5.41, 5.74) is 1.84. The Labute approximate surface area is 141 Å². The molecule has 2 aromatic carbocycles. The molecule has 0 aliphatic carbocycles. The maximum absolute atomic E-state index is 12.5. The van der Waals surface area contributed by atoms with E-state index in [9.17, 15) is 13.2 Å². The van der Waals surface area contributed by atoms with E-state index in [-0.39, 0.29) is 17.0 Å². The fourth-order valence-electron chi connectivity index (χ4n) is 2.14. The van der Waals surface area contributed by atoms with Gasteiger partial charge in [0.1, 0.15) is 5.75 Å². The van der Waals surface area contributed by atoms with Crippen molar-refractivity contribution in [2.24, 2.45) is 0 Å². The van der Waals surface area contributed by atoms with E-state index in [0.717, 1.165) is 5.56 Å². The summed E-state index contributed by atoms with van der Waals surface area (Å²) < 4.78 is 31.8. The minimum absolute atomic E-state index is 0.0132. The molecule has 0 heterocycles. The maximum atomic E-state index is 12.5. The van der Waals surface area contributed by atoms with Crippen LogP contribution in [0.2, 0.25) is 0 Å². The second-order valence-electron chi connectivity index (χ2n) is 5.18. The van der Waals surface area contributed by atoms with Gasteiger partial charge < -0.3 is 10.1 Å². The molecule has 6 nitrogen and oxygen atoms in total. The molecule has 0 bridgehead atoms. The molecular weight excluding hydrogens is 328 g/mol. The highest BCUT2D eigenvalue weighted by Crippen LogP contribution is 2.23. The standard InChI is InChI=1S/C17H20N2O4S/c1-4-18-24(21,22)14-9-10-16(23-3)15(11-14)17(20)19-13-7-5-12(2)6-8-13/h5-11,18H,4H2,1-3H3,(H,19,20). The maximum Gasteiger partial charge on any atom is 0.259 e. The van der Waals surface area contributed by atoms with Gasteiger partial charge in [0, 0.05) is 12.2 Å². The van der Waals surface area contributed by atoms with Crippen LogP contribution in [0.15, 0.2) is 47.4 Å². The average molecular weight is 348 g/mol. The van der Waals surface area contributed by atoms with Gasteiger partial charge in [-0.2, -0.15) is 0 Å². The van der Waals surface area contributed by atoms with E-state index >= 15 is 0 Å². The largest absolute Gasteiger partial charge is 0.496 e. The number of ether oxygens (including phenoxy) is 1. The van der Waals surface area contributed by atoms with Crippen molar-refractivity contribution in [1.29, 1.82) is 0 Å². The van der Waals surface area contributed by atoms with Crippen LogP contribution in [0.25, 0.3) is 0 Å². The number of methoxy groups -OCH3 is 1. The summed E-state index contributed by atoms with van der Waals surface area (Å²) in [6.07, 6.45) is 0. The average Bonchev–Trinajstić information content (AvgIpc) is 2.56. The van der Waals surface area contributed by atoms with Crippen LogP contribution >= 0.6 is 0 Å². The van der Waals surface area contributed by atoms with Crippen LogP contribution in [0.1, 0.15) is 22.8 Å². The Morgan fingerprint density at radius 3 is 2.38 bits per heavy atom. The Kier molecular flexibility index (Phi) is 5.58. The van der Waals surface area contributed by atoms with E-state index in [1.54, 1.807) is 19.1 Å². The number of hydrogen-bond acceptors (Lipinski definition) is 4. The quantitative estimate of drug-likeness (QED) is 0.840. The number of hydrogen-bond donors (Lipinski definition) is 2. The topological polar surface area (TPSA) is 84.5 Å². The first-order valence-electron chi connectivity index (χ1n) is 7.43. The first kappa shape index (κ1) is 18.0. The minimum atomic E-state index is -3.66. The predicted octanol–water partition coefficient (Wildman–Crippen LogP) is 2.55. The lowest BCUT2D eigenvalue weighted by atomic mass is 10.1. The SMILES string of the molecule is CCNS(=O)(=O)c1ccc(OC)c(C(=O)Nc2ccc(C)cc2)c1. The van der Waals surface area contributed by atoms with Gasteiger partial charge in [-0.3, -0.25) is 4.79 Å². The van der Waals surface area contributed by atoms with Gasteiger partial charge in [0.15, 0.2) is 0 Å². The zero-order valence-electron chi connectivity index (χ0n) is 13.8. The first-order valence-corrected chi connectivity index (χ1v) is 8.91. The summed E-state index contributed by atoms with van der Waals surface area (Å²) in [7, 11) is -2.23. The number of anilines is 1. The second-order valence-corrected chi connectivity index (χ2v) is 6.95. The van der Waals surface area contributed by atoms with Crippen LogP contribution in [0, 0.1) is 6.92 Å². The van der Waals surface area contributed by atoms with E-state index < -0.39 is 15.9 Å². The van der Waals surface area contributed by atoms with Crippen LogP contribution in [0.5, 0.6) is 5.75 Å². The van der Waals surface area contributed by atoms with Gasteiger partial charge in [0.05, 0.1) is 17.6 Å². The molecule has 0 atom stereocenters. The Morgan fingerprint density at radius 1 is 1.12 bits per heavy atom. The lowest BCUT2D eigenvalue weighted by Gasteiger charge is -2.12. The molecule has 2 rings (SSSR count). The van der Waals surface area contributed by atoms with Crippen molar-refractivity contribution in [2.75, 3.05) is 19.0 Å². The summed E-state index contributed by atoms with van der Waals surface area (Å²) >= 11 is 0. The number of aryl methyl sites for hydroxylation is 1.